The molecule has 0 unspecified atom stereocenters. The summed E-state index contributed by atoms with van der Waals surface area (Å²) in [6, 6.07) is 14.6. The SMILES string of the molecule is Cc1ccc(C(=O)N(N)/C=C2\C(=O)C=Cc3ccccc32)cc1. The van der Waals surface area contributed by atoms with Crippen molar-refractivity contribution < 1.29 is 9.59 Å². The maximum atomic E-state index is 12.4. The molecule has 0 atom stereocenters. The van der Waals surface area contributed by atoms with Crippen LogP contribution in [0.4, 0.5) is 0 Å². The Kier molecular flexibility index (Phi) is 3.91. The molecule has 0 bridgehead atoms. The van der Waals surface area contributed by atoms with Crippen LogP contribution in [0.5, 0.6) is 0 Å². The number of nitrogens with zero attached hydrogens (tertiary/aromatic N) is 1. The van der Waals surface area contributed by atoms with Gasteiger partial charge >= 0.3 is 0 Å². The summed E-state index contributed by atoms with van der Waals surface area (Å²) in [5, 5.41) is 0.966. The topological polar surface area (TPSA) is 63.4 Å². The summed E-state index contributed by atoms with van der Waals surface area (Å²) in [6.07, 6.45) is 4.64. The van der Waals surface area contributed by atoms with E-state index in [0.717, 1.165) is 21.7 Å². The van der Waals surface area contributed by atoms with Crippen molar-refractivity contribution in [2.45, 2.75) is 6.92 Å². The van der Waals surface area contributed by atoms with Crippen LogP contribution in [-0.4, -0.2) is 16.7 Å². The zero-order chi connectivity index (χ0) is 16.4. The normalized spacial score (nSPS) is 14.7. The zero-order valence-electron chi connectivity index (χ0n) is 12.7. The lowest BCUT2D eigenvalue weighted by atomic mass is 9.92. The van der Waals surface area contributed by atoms with Gasteiger partial charge in [0.05, 0.1) is 0 Å². The molecule has 0 fully saturated rings. The van der Waals surface area contributed by atoms with Crippen molar-refractivity contribution in [3.8, 4) is 0 Å². The highest BCUT2D eigenvalue weighted by Gasteiger charge is 2.19. The van der Waals surface area contributed by atoms with Crippen LogP contribution in [0.25, 0.3) is 11.6 Å². The molecule has 2 aromatic carbocycles. The monoisotopic (exact) mass is 304 g/mol. The highest BCUT2D eigenvalue weighted by molar-refractivity contribution is 6.29. The van der Waals surface area contributed by atoms with Gasteiger partial charge in [0.15, 0.2) is 5.78 Å². The van der Waals surface area contributed by atoms with Gasteiger partial charge in [-0.15, -0.1) is 0 Å². The molecule has 0 saturated heterocycles. The molecule has 2 N–H and O–H groups in total. The molecule has 0 radical (unpaired) electrons. The Labute approximate surface area is 134 Å². The fourth-order valence-electron chi connectivity index (χ4n) is 2.45. The predicted octanol–water partition coefficient (Wildman–Crippen LogP) is 2.95. The molecule has 0 aromatic heterocycles. The first kappa shape index (κ1) is 14.9. The summed E-state index contributed by atoms with van der Waals surface area (Å²) in [6.45, 7) is 1.94. The molecule has 1 aliphatic carbocycles. The number of hydrogen-bond acceptors (Lipinski definition) is 3. The van der Waals surface area contributed by atoms with Crippen molar-refractivity contribution in [2.75, 3.05) is 0 Å². The number of aryl methyl sites for hydroxylation is 1. The third kappa shape index (κ3) is 2.98. The first-order valence-electron chi connectivity index (χ1n) is 7.25. The molecular formula is C19H16N2O2. The number of allylic oxidation sites excluding steroid dienone is 2. The molecule has 4 nitrogen and oxygen atoms in total. The third-order valence-electron chi connectivity index (χ3n) is 3.73. The van der Waals surface area contributed by atoms with Crippen LogP contribution in [0, 0.1) is 6.92 Å². The van der Waals surface area contributed by atoms with E-state index in [4.69, 9.17) is 5.84 Å². The summed E-state index contributed by atoms with van der Waals surface area (Å²) in [5.74, 6) is 5.33. The Morgan fingerprint density at radius 1 is 1.04 bits per heavy atom. The van der Waals surface area contributed by atoms with Crippen LogP contribution >= 0.6 is 0 Å². The largest absolute Gasteiger partial charge is 0.289 e. The van der Waals surface area contributed by atoms with Gasteiger partial charge in [-0.2, -0.15) is 0 Å². The fraction of sp³-hybridized carbons (Fsp3) is 0.0526. The molecule has 1 aliphatic rings. The van der Waals surface area contributed by atoms with Crippen molar-refractivity contribution in [1.82, 2.24) is 5.01 Å². The zero-order valence-corrected chi connectivity index (χ0v) is 12.7. The second-order valence-electron chi connectivity index (χ2n) is 5.41. The number of amides is 1. The number of hydrogen-bond donors (Lipinski definition) is 1. The average molecular weight is 304 g/mol. The van der Waals surface area contributed by atoms with Crippen LogP contribution in [0.3, 0.4) is 0 Å². The Bertz CT molecular complexity index is 833. The van der Waals surface area contributed by atoms with E-state index in [2.05, 4.69) is 0 Å². The van der Waals surface area contributed by atoms with E-state index >= 15 is 0 Å². The highest BCUT2D eigenvalue weighted by Crippen LogP contribution is 2.26. The van der Waals surface area contributed by atoms with Gasteiger partial charge in [-0.25, -0.2) is 5.84 Å². The lowest BCUT2D eigenvalue weighted by molar-refractivity contribution is -0.109. The maximum absolute atomic E-state index is 12.4. The molecule has 0 aliphatic heterocycles. The van der Waals surface area contributed by atoms with Crippen molar-refractivity contribution in [3.05, 3.63) is 83.1 Å². The molecule has 23 heavy (non-hydrogen) atoms. The molecule has 0 spiro atoms. The summed E-state index contributed by atoms with van der Waals surface area (Å²) < 4.78 is 0. The van der Waals surface area contributed by atoms with Crippen molar-refractivity contribution in [1.29, 1.82) is 0 Å². The predicted molar refractivity (Wildman–Crippen MR) is 90.0 cm³/mol. The van der Waals surface area contributed by atoms with Gasteiger partial charge in [-0.3, -0.25) is 14.6 Å². The minimum atomic E-state index is -0.364. The average Bonchev–Trinajstić information content (AvgIpc) is 2.57. The Balaban J connectivity index is 1.94. The molecule has 0 saturated carbocycles. The Hall–Kier alpha value is -2.98. The minimum Gasteiger partial charge on any atom is -0.289 e. The van der Waals surface area contributed by atoms with Gasteiger partial charge in [0.25, 0.3) is 5.91 Å². The van der Waals surface area contributed by atoms with E-state index in [1.54, 1.807) is 18.2 Å². The third-order valence-corrected chi connectivity index (χ3v) is 3.73. The van der Waals surface area contributed by atoms with Gasteiger partial charge in [-0.05, 0) is 36.3 Å². The van der Waals surface area contributed by atoms with Gasteiger partial charge in [0.1, 0.15) is 0 Å². The van der Waals surface area contributed by atoms with Crippen molar-refractivity contribution >= 4 is 23.3 Å². The maximum Gasteiger partial charge on any atom is 0.271 e. The molecule has 2 aromatic rings. The van der Waals surface area contributed by atoms with Gasteiger partial charge in [0, 0.05) is 17.3 Å². The van der Waals surface area contributed by atoms with Crippen LogP contribution in [0.15, 0.2) is 60.8 Å². The summed E-state index contributed by atoms with van der Waals surface area (Å²) in [4.78, 5) is 24.5. The van der Waals surface area contributed by atoms with Crippen LogP contribution in [0.2, 0.25) is 0 Å². The smallest absolute Gasteiger partial charge is 0.271 e. The molecule has 3 rings (SSSR count). The van der Waals surface area contributed by atoms with Gasteiger partial charge in [0.2, 0.25) is 0 Å². The Morgan fingerprint density at radius 2 is 1.74 bits per heavy atom. The summed E-state index contributed by atoms with van der Waals surface area (Å²) in [7, 11) is 0. The lowest BCUT2D eigenvalue weighted by Crippen LogP contribution is -2.33. The van der Waals surface area contributed by atoms with Crippen molar-refractivity contribution in [3.63, 3.8) is 0 Å². The second kappa shape index (κ2) is 6.02. The molecule has 0 heterocycles. The number of benzene rings is 2. The highest BCUT2D eigenvalue weighted by atomic mass is 16.2. The number of hydrazine groups is 1. The minimum absolute atomic E-state index is 0.171. The van der Waals surface area contributed by atoms with Crippen molar-refractivity contribution in [2.24, 2.45) is 5.84 Å². The summed E-state index contributed by atoms with van der Waals surface area (Å²) in [5.41, 5.74) is 3.64. The standard InChI is InChI=1S/C19H16N2O2/c1-13-6-8-15(9-7-13)19(23)21(20)12-17-16-5-3-2-4-14(16)10-11-18(17)22/h2-12H,20H2,1H3/b17-12-. The quantitative estimate of drug-likeness (QED) is 0.401. The summed E-state index contributed by atoms with van der Waals surface area (Å²) >= 11 is 0. The van der Waals surface area contributed by atoms with E-state index in [0.29, 0.717) is 11.1 Å². The molecule has 114 valence electrons. The number of carbonyl (C=O) groups excluding carboxylic acids is 2. The number of nitrogens with two attached hydrogens (primary N) is 1. The van der Waals surface area contributed by atoms with E-state index < -0.39 is 0 Å². The van der Waals surface area contributed by atoms with Crippen LogP contribution in [-0.2, 0) is 4.79 Å². The van der Waals surface area contributed by atoms with Crippen LogP contribution < -0.4 is 5.84 Å². The fourth-order valence-corrected chi connectivity index (χ4v) is 2.45. The van der Waals surface area contributed by atoms with E-state index in [1.165, 1.54) is 12.3 Å². The van der Waals surface area contributed by atoms with E-state index in [-0.39, 0.29) is 11.7 Å². The molecule has 4 heteroatoms. The molecular weight excluding hydrogens is 288 g/mol. The second-order valence-corrected chi connectivity index (χ2v) is 5.41. The van der Waals surface area contributed by atoms with Gasteiger partial charge in [-0.1, -0.05) is 48.0 Å². The Morgan fingerprint density at radius 3 is 2.48 bits per heavy atom. The van der Waals surface area contributed by atoms with E-state index in [9.17, 15) is 9.59 Å². The first-order valence-corrected chi connectivity index (χ1v) is 7.25. The molecule has 1 amide bonds. The van der Waals surface area contributed by atoms with E-state index in [1.807, 2.05) is 43.3 Å². The number of carbonyl (C=O) groups is 2. The number of rotatable bonds is 2. The first-order chi connectivity index (χ1) is 11.1. The van der Waals surface area contributed by atoms with Gasteiger partial charge < -0.3 is 0 Å². The number of ketones is 1. The number of fused-ring (bicyclic) bond motifs is 1. The van der Waals surface area contributed by atoms with Crippen LogP contribution in [0.1, 0.15) is 27.0 Å². The lowest BCUT2D eigenvalue weighted by Gasteiger charge is -2.17.